The van der Waals surface area contributed by atoms with Crippen LogP contribution in [0.4, 0.5) is 0 Å². The molecule has 0 aliphatic carbocycles. The Morgan fingerprint density at radius 1 is 0.857 bits per heavy atom. The van der Waals surface area contributed by atoms with Crippen LogP contribution in [0.3, 0.4) is 0 Å². The average molecular weight is 245 g/mol. The van der Waals surface area contributed by atoms with Crippen molar-refractivity contribution < 1.29 is 0 Å². The molecule has 2 nitrogen and oxygen atoms in total. The number of hydrogen-bond donors (Lipinski definition) is 0. The molecule has 0 aliphatic rings. The van der Waals surface area contributed by atoms with Gasteiger partial charge in [0.2, 0.25) is 0 Å². The first-order chi connectivity index (χ1) is 6.14. The lowest BCUT2D eigenvalue weighted by atomic mass is 11.0. The van der Waals surface area contributed by atoms with Crippen molar-refractivity contribution in [3.8, 4) is 0 Å². The van der Waals surface area contributed by atoms with Gasteiger partial charge in [0.25, 0.3) is 0 Å². The Morgan fingerprint density at radius 3 is 1.29 bits per heavy atom. The Balaban J connectivity index is 3.31. The first-order valence-corrected chi connectivity index (χ1v) is 12.3. The van der Waals surface area contributed by atoms with Crippen LogP contribution in [-0.4, -0.2) is 24.9 Å². The summed E-state index contributed by atoms with van der Waals surface area (Å²) in [6, 6.07) is 0. The van der Waals surface area contributed by atoms with Gasteiger partial charge < -0.3 is 8.47 Å². The second kappa shape index (κ2) is 3.46. The van der Waals surface area contributed by atoms with E-state index in [4.69, 9.17) is 12.2 Å². The van der Waals surface area contributed by atoms with E-state index in [-0.39, 0.29) is 0 Å². The summed E-state index contributed by atoms with van der Waals surface area (Å²) < 4.78 is 5.63. The van der Waals surface area contributed by atoms with Crippen LogP contribution in [-0.2, 0) is 0 Å². The van der Waals surface area contributed by atoms with E-state index in [1.807, 2.05) is 0 Å². The molecule has 0 saturated heterocycles. The largest absolute Gasteiger partial charge is 0.352 e. The van der Waals surface area contributed by atoms with Crippen molar-refractivity contribution in [3.63, 3.8) is 0 Å². The van der Waals surface area contributed by atoms with E-state index < -0.39 is 16.5 Å². The number of hydrogen-bond acceptors (Lipinski definition) is 1. The molecule has 1 aromatic rings. The van der Waals surface area contributed by atoms with Crippen LogP contribution in [0.15, 0.2) is 12.4 Å². The molecule has 0 atom stereocenters. The number of imidazole rings is 1. The van der Waals surface area contributed by atoms with Crippen molar-refractivity contribution in [1.29, 1.82) is 0 Å². The zero-order chi connectivity index (χ0) is 11.1. The van der Waals surface area contributed by atoms with Crippen LogP contribution < -0.4 is 0 Å². The zero-order valence-corrected chi connectivity index (χ0v) is 12.8. The quantitative estimate of drug-likeness (QED) is 0.573. The van der Waals surface area contributed by atoms with Crippen LogP contribution in [0.25, 0.3) is 0 Å². The molecule has 0 radical (unpaired) electrons. The van der Waals surface area contributed by atoms with Crippen LogP contribution in [0, 0.1) is 4.77 Å². The first kappa shape index (κ1) is 11.9. The summed E-state index contributed by atoms with van der Waals surface area (Å²) in [5.41, 5.74) is 0. The summed E-state index contributed by atoms with van der Waals surface area (Å²) in [5, 5.41) is 0. The van der Waals surface area contributed by atoms with Crippen molar-refractivity contribution in [1.82, 2.24) is 8.47 Å². The lowest BCUT2D eigenvalue weighted by Gasteiger charge is -2.21. The van der Waals surface area contributed by atoms with E-state index in [1.165, 1.54) is 0 Å². The van der Waals surface area contributed by atoms with Gasteiger partial charge in [0.15, 0.2) is 21.2 Å². The second-order valence-electron chi connectivity index (χ2n) is 5.66. The summed E-state index contributed by atoms with van der Waals surface area (Å²) in [4.78, 5) is 0. The average Bonchev–Trinajstić information content (AvgIpc) is 2.26. The summed E-state index contributed by atoms with van der Waals surface area (Å²) in [5.74, 6) is 0. The van der Waals surface area contributed by atoms with Crippen molar-refractivity contribution in [2.24, 2.45) is 0 Å². The summed E-state index contributed by atoms with van der Waals surface area (Å²) in [7, 11) is -2.64. The number of aromatic nitrogens is 2. The fourth-order valence-corrected chi connectivity index (χ4v) is 5.65. The highest BCUT2D eigenvalue weighted by Gasteiger charge is 2.22. The van der Waals surface area contributed by atoms with Gasteiger partial charge in [-0.05, 0) is 12.2 Å². The van der Waals surface area contributed by atoms with Crippen LogP contribution in [0.2, 0.25) is 39.3 Å². The smallest absolute Gasteiger partial charge is 0.163 e. The van der Waals surface area contributed by atoms with E-state index in [9.17, 15) is 0 Å². The molecule has 1 aromatic heterocycles. The Kier molecular flexibility index (Phi) is 2.95. The maximum absolute atomic E-state index is 5.52. The Hall–Kier alpha value is -0.136. The maximum atomic E-state index is 5.52. The predicted molar refractivity (Wildman–Crippen MR) is 70.7 cm³/mol. The van der Waals surface area contributed by atoms with E-state index >= 15 is 0 Å². The van der Waals surface area contributed by atoms with Crippen molar-refractivity contribution in [3.05, 3.63) is 17.2 Å². The maximum Gasteiger partial charge on any atom is 0.163 e. The third-order valence-electron chi connectivity index (χ3n) is 2.22. The van der Waals surface area contributed by atoms with E-state index in [0.717, 1.165) is 4.77 Å². The molecule has 0 N–H and O–H groups in total. The molecule has 14 heavy (non-hydrogen) atoms. The molecule has 1 rings (SSSR count). The van der Waals surface area contributed by atoms with E-state index in [2.05, 4.69) is 60.1 Å². The van der Waals surface area contributed by atoms with Gasteiger partial charge in [0.1, 0.15) is 0 Å². The lowest BCUT2D eigenvalue weighted by Crippen LogP contribution is -2.35. The molecule has 0 saturated carbocycles. The summed E-state index contributed by atoms with van der Waals surface area (Å²) >= 11 is 5.52. The Bertz CT molecular complexity index is 344. The molecule has 1 heterocycles. The van der Waals surface area contributed by atoms with Crippen LogP contribution in [0.5, 0.6) is 0 Å². The third kappa shape index (κ3) is 2.26. The second-order valence-corrected chi connectivity index (χ2v) is 15.7. The van der Waals surface area contributed by atoms with Gasteiger partial charge in [-0.15, -0.1) is 0 Å². The Labute approximate surface area is 93.8 Å². The minimum absolute atomic E-state index is 1.02. The molecule has 0 fully saturated rings. The number of nitrogens with zero attached hydrogens (tertiary/aromatic N) is 2. The van der Waals surface area contributed by atoms with Crippen LogP contribution >= 0.6 is 12.2 Å². The highest BCUT2D eigenvalue weighted by Crippen LogP contribution is 2.13. The molecule has 80 valence electrons. The molecular formula is C9H20N2SSi2. The van der Waals surface area contributed by atoms with Gasteiger partial charge >= 0.3 is 0 Å². The SMILES string of the molecule is C[Si](C)(C)n1ccn([Si](C)(C)C)c1=S. The van der Waals surface area contributed by atoms with Crippen molar-refractivity contribution >= 4 is 28.7 Å². The minimum Gasteiger partial charge on any atom is -0.352 e. The molecule has 0 aliphatic heterocycles. The fraction of sp³-hybridized carbons (Fsp3) is 0.667. The monoisotopic (exact) mass is 244 g/mol. The van der Waals surface area contributed by atoms with Gasteiger partial charge in [0, 0.05) is 12.4 Å². The Morgan fingerprint density at radius 2 is 1.14 bits per heavy atom. The first-order valence-electron chi connectivity index (χ1n) is 4.95. The molecule has 0 spiro atoms. The molecule has 0 unspecified atom stereocenters. The van der Waals surface area contributed by atoms with Crippen LogP contribution in [0.1, 0.15) is 0 Å². The third-order valence-corrected chi connectivity index (χ3v) is 6.55. The zero-order valence-electron chi connectivity index (χ0n) is 9.96. The topological polar surface area (TPSA) is 9.86 Å². The normalized spacial score (nSPS) is 13.3. The van der Waals surface area contributed by atoms with Crippen molar-refractivity contribution in [2.45, 2.75) is 39.3 Å². The van der Waals surface area contributed by atoms with Gasteiger partial charge in [-0.25, -0.2) is 0 Å². The standard InChI is InChI=1S/C9H20N2SSi2/c1-13(2,3)10-7-8-11(9(10)12)14(4,5)6/h7-8H,1-6H3. The van der Waals surface area contributed by atoms with Gasteiger partial charge in [-0.3, -0.25) is 0 Å². The molecule has 0 aromatic carbocycles. The lowest BCUT2D eigenvalue weighted by molar-refractivity contribution is 1.03. The van der Waals surface area contributed by atoms with Gasteiger partial charge in [0.05, 0.1) is 0 Å². The highest BCUT2D eigenvalue weighted by molar-refractivity contribution is 7.71. The van der Waals surface area contributed by atoms with E-state index in [1.54, 1.807) is 0 Å². The van der Waals surface area contributed by atoms with Crippen molar-refractivity contribution in [2.75, 3.05) is 0 Å². The predicted octanol–water partition coefficient (Wildman–Crippen LogP) is 3.39. The van der Waals surface area contributed by atoms with Gasteiger partial charge in [-0.2, -0.15) is 0 Å². The molecule has 5 heteroatoms. The fourth-order valence-electron chi connectivity index (χ4n) is 1.40. The number of rotatable bonds is 2. The van der Waals surface area contributed by atoms with E-state index in [0.29, 0.717) is 0 Å². The van der Waals surface area contributed by atoms with Gasteiger partial charge in [-0.1, -0.05) is 39.3 Å². The summed E-state index contributed by atoms with van der Waals surface area (Å²) in [6.45, 7) is 13.9. The molecule has 0 amide bonds. The summed E-state index contributed by atoms with van der Waals surface area (Å²) in [6.07, 6.45) is 4.32. The highest BCUT2D eigenvalue weighted by atomic mass is 32.1. The molecular weight excluding hydrogens is 224 g/mol. The minimum atomic E-state index is -1.32. The molecule has 0 bridgehead atoms.